The van der Waals surface area contributed by atoms with Crippen molar-refractivity contribution in [3.63, 3.8) is 0 Å². The Morgan fingerprint density at radius 2 is 1.88 bits per heavy atom. The fourth-order valence-corrected chi connectivity index (χ4v) is 1.61. The molecular weight excluding hydrogens is 194 g/mol. The molecule has 0 spiro atoms. The Bertz CT molecular complexity index is 453. The maximum atomic E-state index is 8.78. The van der Waals surface area contributed by atoms with E-state index in [1.165, 1.54) is 11.1 Å². The monoisotopic (exact) mass is 213 g/mol. The van der Waals surface area contributed by atoms with E-state index in [2.05, 4.69) is 52.0 Å². The molecule has 1 aromatic rings. The summed E-state index contributed by atoms with van der Waals surface area (Å²) in [5.41, 5.74) is 4.55. The lowest BCUT2D eigenvalue weighted by Crippen LogP contribution is -2.11. The summed E-state index contributed by atoms with van der Waals surface area (Å²) < 4.78 is 0. The third kappa shape index (κ3) is 3.24. The number of hydrogen-bond acceptors (Lipinski definition) is 1. The van der Waals surface area contributed by atoms with E-state index in [0.717, 1.165) is 11.1 Å². The molecule has 0 saturated heterocycles. The third-order valence-electron chi connectivity index (χ3n) is 2.53. The van der Waals surface area contributed by atoms with E-state index in [-0.39, 0.29) is 5.41 Å². The first-order valence-electron chi connectivity index (χ1n) is 5.53. The lowest BCUT2D eigenvalue weighted by Gasteiger charge is -2.20. The van der Waals surface area contributed by atoms with Crippen LogP contribution in [0.15, 0.2) is 23.8 Å². The van der Waals surface area contributed by atoms with Crippen LogP contribution in [0.3, 0.4) is 0 Å². The van der Waals surface area contributed by atoms with Crippen molar-refractivity contribution < 1.29 is 0 Å². The molecule has 16 heavy (non-hydrogen) atoms. The standard InChI is InChI=1S/C15H19N/c1-11-6-13(7-12(2)10-16)9-14(8-11)15(3,4)5/h6-9H,1-5H3/b12-7-. The molecule has 0 unspecified atom stereocenters. The Morgan fingerprint density at radius 1 is 1.25 bits per heavy atom. The first kappa shape index (κ1) is 12.5. The van der Waals surface area contributed by atoms with Crippen molar-refractivity contribution in [3.05, 3.63) is 40.5 Å². The quantitative estimate of drug-likeness (QED) is 0.641. The van der Waals surface area contributed by atoms with Crippen LogP contribution in [-0.2, 0) is 5.41 Å². The zero-order valence-corrected chi connectivity index (χ0v) is 10.8. The molecule has 1 nitrogen and oxygen atoms in total. The van der Waals surface area contributed by atoms with Crippen LogP contribution < -0.4 is 0 Å². The van der Waals surface area contributed by atoms with Crippen LogP contribution in [0.25, 0.3) is 6.08 Å². The van der Waals surface area contributed by atoms with E-state index in [1.54, 1.807) is 0 Å². The van der Waals surface area contributed by atoms with Crippen LogP contribution >= 0.6 is 0 Å². The Hall–Kier alpha value is -1.55. The van der Waals surface area contributed by atoms with Gasteiger partial charge in [-0.2, -0.15) is 5.26 Å². The second kappa shape index (κ2) is 4.53. The molecule has 0 N–H and O–H groups in total. The minimum absolute atomic E-state index is 0.148. The van der Waals surface area contributed by atoms with Gasteiger partial charge >= 0.3 is 0 Å². The van der Waals surface area contributed by atoms with Gasteiger partial charge in [-0.3, -0.25) is 0 Å². The highest BCUT2D eigenvalue weighted by Crippen LogP contribution is 2.25. The molecule has 1 rings (SSSR count). The summed E-state index contributed by atoms with van der Waals surface area (Å²) in [6.45, 7) is 10.5. The molecule has 0 fully saturated rings. The van der Waals surface area contributed by atoms with E-state index in [0.29, 0.717) is 0 Å². The molecule has 1 heteroatoms. The van der Waals surface area contributed by atoms with Gasteiger partial charge in [-0.1, -0.05) is 44.5 Å². The highest BCUT2D eigenvalue weighted by atomic mass is 14.2. The molecule has 0 heterocycles. The summed E-state index contributed by atoms with van der Waals surface area (Å²) in [6.07, 6.45) is 1.93. The normalized spacial score (nSPS) is 12.4. The van der Waals surface area contributed by atoms with Gasteiger partial charge in [-0.05, 0) is 36.5 Å². The van der Waals surface area contributed by atoms with E-state index < -0.39 is 0 Å². The summed E-state index contributed by atoms with van der Waals surface area (Å²) in [4.78, 5) is 0. The maximum absolute atomic E-state index is 8.78. The number of allylic oxidation sites excluding steroid dienone is 1. The number of benzene rings is 1. The van der Waals surface area contributed by atoms with Crippen LogP contribution in [-0.4, -0.2) is 0 Å². The average molecular weight is 213 g/mol. The van der Waals surface area contributed by atoms with E-state index in [1.807, 2.05) is 13.0 Å². The van der Waals surface area contributed by atoms with Crippen molar-refractivity contribution >= 4 is 6.08 Å². The number of rotatable bonds is 1. The molecule has 1 aromatic carbocycles. The second-order valence-corrected chi connectivity index (χ2v) is 5.32. The molecule has 0 saturated carbocycles. The predicted octanol–water partition coefficient (Wildman–Crippen LogP) is 4.22. The molecule has 0 aliphatic carbocycles. The molecule has 0 aliphatic heterocycles. The fourth-order valence-electron chi connectivity index (χ4n) is 1.61. The van der Waals surface area contributed by atoms with Gasteiger partial charge in [0.15, 0.2) is 0 Å². The van der Waals surface area contributed by atoms with Gasteiger partial charge in [0.2, 0.25) is 0 Å². The SMILES string of the molecule is C/C(C#N)=C/c1cc(C)cc(C(C)(C)C)c1. The van der Waals surface area contributed by atoms with Crippen molar-refractivity contribution in [2.75, 3.05) is 0 Å². The van der Waals surface area contributed by atoms with Crippen molar-refractivity contribution in [1.82, 2.24) is 0 Å². The smallest absolute Gasteiger partial charge is 0.0944 e. The summed E-state index contributed by atoms with van der Waals surface area (Å²) in [5, 5.41) is 8.78. The molecule has 0 radical (unpaired) electrons. The van der Waals surface area contributed by atoms with Gasteiger partial charge in [0.1, 0.15) is 0 Å². The lowest BCUT2D eigenvalue weighted by molar-refractivity contribution is 0.589. The van der Waals surface area contributed by atoms with Gasteiger partial charge in [0, 0.05) is 5.57 Å². The van der Waals surface area contributed by atoms with E-state index in [4.69, 9.17) is 5.26 Å². The van der Waals surface area contributed by atoms with Crippen LogP contribution in [0.4, 0.5) is 0 Å². The summed E-state index contributed by atoms with van der Waals surface area (Å²) in [7, 11) is 0. The maximum Gasteiger partial charge on any atom is 0.0944 e. The lowest BCUT2D eigenvalue weighted by atomic mass is 9.85. The Morgan fingerprint density at radius 3 is 2.38 bits per heavy atom. The van der Waals surface area contributed by atoms with Gasteiger partial charge in [-0.15, -0.1) is 0 Å². The van der Waals surface area contributed by atoms with Crippen molar-refractivity contribution in [1.29, 1.82) is 5.26 Å². The minimum atomic E-state index is 0.148. The molecule has 0 atom stereocenters. The van der Waals surface area contributed by atoms with E-state index in [9.17, 15) is 0 Å². The van der Waals surface area contributed by atoms with Crippen LogP contribution in [0.2, 0.25) is 0 Å². The zero-order valence-electron chi connectivity index (χ0n) is 10.8. The van der Waals surface area contributed by atoms with Crippen molar-refractivity contribution in [2.24, 2.45) is 0 Å². The van der Waals surface area contributed by atoms with E-state index >= 15 is 0 Å². The van der Waals surface area contributed by atoms with Crippen molar-refractivity contribution in [3.8, 4) is 6.07 Å². The largest absolute Gasteiger partial charge is 0.193 e. The topological polar surface area (TPSA) is 23.8 Å². The zero-order chi connectivity index (χ0) is 12.3. The van der Waals surface area contributed by atoms with Crippen LogP contribution in [0, 0.1) is 18.3 Å². The van der Waals surface area contributed by atoms with Gasteiger partial charge in [-0.25, -0.2) is 0 Å². The number of hydrogen-bond donors (Lipinski definition) is 0. The first-order valence-corrected chi connectivity index (χ1v) is 5.53. The molecule has 0 amide bonds. The summed E-state index contributed by atoms with van der Waals surface area (Å²) >= 11 is 0. The number of nitriles is 1. The molecule has 0 bridgehead atoms. The average Bonchev–Trinajstić information content (AvgIpc) is 2.15. The Kier molecular flexibility index (Phi) is 3.55. The summed E-state index contributed by atoms with van der Waals surface area (Å²) in [6, 6.07) is 8.63. The molecule has 84 valence electrons. The number of aryl methyl sites for hydroxylation is 1. The second-order valence-electron chi connectivity index (χ2n) is 5.32. The molecular formula is C15H19N. The van der Waals surface area contributed by atoms with Gasteiger partial charge < -0.3 is 0 Å². The minimum Gasteiger partial charge on any atom is -0.193 e. The van der Waals surface area contributed by atoms with Crippen LogP contribution in [0.5, 0.6) is 0 Å². The highest BCUT2D eigenvalue weighted by Gasteiger charge is 2.14. The predicted molar refractivity (Wildman–Crippen MR) is 69.1 cm³/mol. The van der Waals surface area contributed by atoms with Crippen molar-refractivity contribution in [2.45, 2.75) is 40.0 Å². The van der Waals surface area contributed by atoms with Gasteiger partial charge in [0.05, 0.1) is 6.07 Å². The fraction of sp³-hybridized carbons (Fsp3) is 0.400. The highest BCUT2D eigenvalue weighted by molar-refractivity contribution is 5.58. The molecule has 0 aromatic heterocycles. The number of nitrogens with zero attached hydrogens (tertiary/aromatic N) is 1. The van der Waals surface area contributed by atoms with Gasteiger partial charge in [0.25, 0.3) is 0 Å². The Balaban J connectivity index is 3.25. The van der Waals surface area contributed by atoms with Crippen LogP contribution in [0.1, 0.15) is 44.4 Å². The summed E-state index contributed by atoms with van der Waals surface area (Å²) in [5.74, 6) is 0. The Labute approximate surface area is 98.4 Å². The third-order valence-corrected chi connectivity index (χ3v) is 2.53. The molecule has 0 aliphatic rings. The first-order chi connectivity index (χ1) is 7.32.